The molecule has 1 aromatic carbocycles. The predicted molar refractivity (Wildman–Crippen MR) is 93.5 cm³/mol. The lowest BCUT2D eigenvalue weighted by Crippen LogP contribution is -2.36. The third-order valence-electron chi connectivity index (χ3n) is 3.37. The number of pyridine rings is 1. The highest BCUT2D eigenvalue weighted by atomic mass is 35.5. The molecule has 0 aliphatic rings. The molecule has 0 atom stereocenters. The summed E-state index contributed by atoms with van der Waals surface area (Å²) < 4.78 is 27.5. The molecular formula is C16H20ClN3O2S. The van der Waals surface area contributed by atoms with E-state index in [1.165, 1.54) is 10.5 Å². The van der Waals surface area contributed by atoms with Crippen molar-refractivity contribution in [1.82, 2.24) is 9.88 Å². The third-order valence-corrected chi connectivity index (χ3v) is 5.56. The quantitative estimate of drug-likeness (QED) is 0.749. The van der Waals surface area contributed by atoms with Gasteiger partial charge in [0.1, 0.15) is 10.0 Å². The number of sulfonamides is 1. The number of likely N-dealkylation sites (N-methyl/N-ethyl adjacent to an activating group) is 1. The number of halogens is 1. The average molecular weight is 354 g/mol. The molecule has 0 N–H and O–H groups in total. The van der Waals surface area contributed by atoms with Crippen molar-refractivity contribution >= 4 is 27.3 Å². The maximum absolute atomic E-state index is 13.0. The minimum absolute atomic E-state index is 0.141. The van der Waals surface area contributed by atoms with Gasteiger partial charge in [-0.2, -0.15) is 0 Å². The molecule has 124 valence electrons. The van der Waals surface area contributed by atoms with Gasteiger partial charge in [-0.1, -0.05) is 29.8 Å². The van der Waals surface area contributed by atoms with E-state index in [4.69, 9.17) is 11.6 Å². The summed E-state index contributed by atoms with van der Waals surface area (Å²) in [5.41, 5.74) is 1.26. The molecule has 0 aliphatic heterocycles. The second-order valence-corrected chi connectivity index (χ2v) is 7.72. The van der Waals surface area contributed by atoms with Crippen LogP contribution in [0.3, 0.4) is 0 Å². The van der Waals surface area contributed by atoms with Gasteiger partial charge < -0.3 is 4.90 Å². The summed E-state index contributed by atoms with van der Waals surface area (Å²) in [6.45, 7) is 2.69. The van der Waals surface area contributed by atoms with Crippen LogP contribution in [0.5, 0.6) is 0 Å². The number of nitrogens with zero attached hydrogens (tertiary/aromatic N) is 3. The van der Waals surface area contributed by atoms with Crippen LogP contribution in [0.4, 0.5) is 5.69 Å². The van der Waals surface area contributed by atoms with E-state index in [9.17, 15) is 8.42 Å². The van der Waals surface area contributed by atoms with Crippen molar-refractivity contribution in [1.29, 1.82) is 0 Å². The lowest BCUT2D eigenvalue weighted by Gasteiger charge is -2.26. The molecule has 0 unspecified atom stereocenters. The molecule has 2 rings (SSSR count). The Bertz CT molecular complexity index is 764. The molecule has 0 bridgehead atoms. The Balaban J connectivity index is 2.45. The molecule has 23 heavy (non-hydrogen) atoms. The number of aryl methyl sites for hydroxylation is 1. The maximum atomic E-state index is 13.0. The highest BCUT2D eigenvalue weighted by Gasteiger charge is 2.25. The second kappa shape index (κ2) is 7.29. The van der Waals surface area contributed by atoms with E-state index in [0.717, 1.165) is 0 Å². The maximum Gasteiger partial charge on any atom is 0.265 e. The van der Waals surface area contributed by atoms with Crippen molar-refractivity contribution < 1.29 is 8.42 Å². The van der Waals surface area contributed by atoms with Gasteiger partial charge in [0.05, 0.1) is 5.69 Å². The molecule has 7 heteroatoms. The summed E-state index contributed by atoms with van der Waals surface area (Å²) in [4.78, 5) is 6.05. The molecule has 0 spiro atoms. The van der Waals surface area contributed by atoms with Crippen molar-refractivity contribution in [3.8, 4) is 0 Å². The molecule has 0 fully saturated rings. The van der Waals surface area contributed by atoms with Gasteiger partial charge >= 0.3 is 0 Å². The Hall–Kier alpha value is -1.63. The summed E-state index contributed by atoms with van der Waals surface area (Å²) in [5.74, 6) is 0. The van der Waals surface area contributed by atoms with Crippen LogP contribution in [0.15, 0.2) is 47.5 Å². The molecule has 0 saturated heterocycles. The SMILES string of the molecule is Cc1cc(S(=O)(=O)N(CCN(C)C)c2ccccc2)cnc1Cl. The Morgan fingerprint density at radius 1 is 1.13 bits per heavy atom. The van der Waals surface area contributed by atoms with Crippen LogP contribution in [0.25, 0.3) is 0 Å². The van der Waals surface area contributed by atoms with E-state index in [-0.39, 0.29) is 4.90 Å². The van der Waals surface area contributed by atoms with Crippen molar-refractivity contribution in [3.63, 3.8) is 0 Å². The Morgan fingerprint density at radius 2 is 1.78 bits per heavy atom. The van der Waals surface area contributed by atoms with Crippen LogP contribution < -0.4 is 4.31 Å². The van der Waals surface area contributed by atoms with Gasteiger partial charge in [-0.25, -0.2) is 13.4 Å². The van der Waals surface area contributed by atoms with E-state index in [1.54, 1.807) is 25.1 Å². The minimum atomic E-state index is -3.70. The normalized spacial score (nSPS) is 11.7. The average Bonchev–Trinajstić information content (AvgIpc) is 2.50. The summed E-state index contributed by atoms with van der Waals surface area (Å²) in [6, 6.07) is 10.6. The minimum Gasteiger partial charge on any atom is -0.308 e. The zero-order valence-electron chi connectivity index (χ0n) is 13.4. The van der Waals surface area contributed by atoms with E-state index >= 15 is 0 Å². The van der Waals surface area contributed by atoms with Gasteiger partial charge in [-0.3, -0.25) is 4.31 Å². The van der Waals surface area contributed by atoms with E-state index < -0.39 is 10.0 Å². The summed E-state index contributed by atoms with van der Waals surface area (Å²) in [7, 11) is 0.110. The van der Waals surface area contributed by atoms with Gasteiger partial charge in [0.15, 0.2) is 0 Å². The summed E-state index contributed by atoms with van der Waals surface area (Å²) in [6.07, 6.45) is 1.30. The van der Waals surface area contributed by atoms with Gasteiger partial charge in [0, 0.05) is 19.3 Å². The Kier molecular flexibility index (Phi) is 5.62. The van der Waals surface area contributed by atoms with Gasteiger partial charge in [-0.15, -0.1) is 0 Å². The molecule has 2 aromatic rings. The van der Waals surface area contributed by atoms with E-state index in [1.807, 2.05) is 37.2 Å². The van der Waals surface area contributed by atoms with Crippen LogP contribution in [0.1, 0.15) is 5.56 Å². The number of para-hydroxylation sites is 1. The van der Waals surface area contributed by atoms with Crippen LogP contribution >= 0.6 is 11.6 Å². The standard InChI is InChI=1S/C16H20ClN3O2S/c1-13-11-15(12-18-16(13)17)23(21,22)20(10-9-19(2)3)14-7-5-4-6-8-14/h4-8,11-12H,9-10H2,1-3H3. The third kappa shape index (κ3) is 4.22. The first kappa shape index (κ1) is 17.7. The van der Waals surface area contributed by atoms with Gasteiger partial charge in [0.2, 0.25) is 0 Å². The van der Waals surface area contributed by atoms with Crippen molar-refractivity contribution in [2.75, 3.05) is 31.5 Å². The topological polar surface area (TPSA) is 53.5 Å². The highest BCUT2D eigenvalue weighted by Crippen LogP contribution is 2.25. The molecule has 1 heterocycles. The van der Waals surface area contributed by atoms with E-state index in [0.29, 0.717) is 29.5 Å². The number of benzene rings is 1. The molecular weight excluding hydrogens is 334 g/mol. The second-order valence-electron chi connectivity index (χ2n) is 5.49. The Labute approximate surface area is 142 Å². The lowest BCUT2D eigenvalue weighted by molar-refractivity contribution is 0.419. The van der Waals surface area contributed by atoms with Crippen molar-refractivity contribution in [3.05, 3.63) is 53.3 Å². The summed E-state index contributed by atoms with van der Waals surface area (Å²) in [5, 5.41) is 0.309. The number of aromatic nitrogens is 1. The van der Waals surface area contributed by atoms with Crippen LogP contribution in [0, 0.1) is 6.92 Å². The number of anilines is 1. The fraction of sp³-hybridized carbons (Fsp3) is 0.312. The van der Waals surface area contributed by atoms with Crippen LogP contribution in [-0.2, 0) is 10.0 Å². The molecule has 0 aliphatic carbocycles. The molecule has 5 nitrogen and oxygen atoms in total. The monoisotopic (exact) mass is 353 g/mol. The van der Waals surface area contributed by atoms with Gasteiger partial charge in [0.25, 0.3) is 10.0 Å². The molecule has 0 amide bonds. The fourth-order valence-electron chi connectivity index (χ4n) is 2.07. The zero-order valence-corrected chi connectivity index (χ0v) is 15.0. The molecule has 0 radical (unpaired) electrons. The largest absolute Gasteiger partial charge is 0.308 e. The molecule has 1 aromatic heterocycles. The van der Waals surface area contributed by atoms with Crippen molar-refractivity contribution in [2.24, 2.45) is 0 Å². The zero-order chi connectivity index (χ0) is 17.0. The lowest BCUT2D eigenvalue weighted by atomic mass is 10.3. The first-order valence-electron chi connectivity index (χ1n) is 7.17. The fourth-order valence-corrected chi connectivity index (χ4v) is 3.66. The number of rotatable bonds is 6. The van der Waals surface area contributed by atoms with Crippen LogP contribution in [-0.4, -0.2) is 45.5 Å². The highest BCUT2D eigenvalue weighted by molar-refractivity contribution is 7.92. The molecule has 0 saturated carbocycles. The first-order chi connectivity index (χ1) is 10.8. The smallest absolute Gasteiger partial charge is 0.265 e. The van der Waals surface area contributed by atoms with E-state index in [2.05, 4.69) is 4.98 Å². The predicted octanol–water partition coefficient (Wildman–Crippen LogP) is 2.80. The number of hydrogen-bond donors (Lipinski definition) is 0. The van der Waals surface area contributed by atoms with Gasteiger partial charge in [-0.05, 0) is 44.8 Å². The van der Waals surface area contributed by atoms with Crippen molar-refractivity contribution in [2.45, 2.75) is 11.8 Å². The van der Waals surface area contributed by atoms with Crippen LogP contribution in [0.2, 0.25) is 5.15 Å². The summed E-state index contributed by atoms with van der Waals surface area (Å²) >= 11 is 5.90. The Morgan fingerprint density at radius 3 is 2.35 bits per heavy atom. The number of hydrogen-bond acceptors (Lipinski definition) is 4. The first-order valence-corrected chi connectivity index (χ1v) is 8.99.